The maximum Gasteiger partial charge on any atom is 0.475 e. The van der Waals surface area contributed by atoms with Gasteiger partial charge in [-0.1, -0.05) is 30.3 Å². The van der Waals surface area contributed by atoms with Crippen LogP contribution in [-0.2, 0) is 20.7 Å². The Labute approximate surface area is 241 Å². The molecular weight excluding hydrogens is 529 g/mol. The van der Waals surface area contributed by atoms with Gasteiger partial charge in [-0.15, -0.1) is 0 Å². The summed E-state index contributed by atoms with van der Waals surface area (Å²) < 4.78 is 10.4. The first-order valence-corrected chi connectivity index (χ1v) is 13.9. The lowest BCUT2D eigenvalue weighted by Crippen LogP contribution is -2.55. The van der Waals surface area contributed by atoms with Crippen LogP contribution in [0.1, 0.15) is 38.7 Å². The molecule has 0 saturated carbocycles. The predicted octanol–water partition coefficient (Wildman–Crippen LogP) is 1.33. The van der Waals surface area contributed by atoms with Crippen LogP contribution in [0.3, 0.4) is 0 Å². The van der Waals surface area contributed by atoms with E-state index in [1.54, 1.807) is 11.0 Å². The minimum Gasteiger partial charge on any atom is -0.453 e. The maximum atomic E-state index is 13.4. The topological polar surface area (TPSA) is 156 Å². The summed E-state index contributed by atoms with van der Waals surface area (Å²) in [4.78, 5) is 43.2. The van der Waals surface area contributed by atoms with Crippen LogP contribution in [-0.4, -0.2) is 114 Å². The number of carbonyl (C=O) groups is 3. The lowest BCUT2D eigenvalue weighted by atomic mass is 9.76. The van der Waals surface area contributed by atoms with Gasteiger partial charge in [-0.25, -0.2) is 9.59 Å². The smallest absolute Gasteiger partial charge is 0.453 e. The van der Waals surface area contributed by atoms with Crippen molar-refractivity contribution in [2.45, 2.75) is 57.1 Å². The average molecular weight is 569 g/mol. The zero-order valence-corrected chi connectivity index (χ0v) is 24.0. The number of hydrogen-bond donors (Lipinski definition) is 3. The Hall–Kier alpha value is -3.60. The SMILES string of the molecule is COC(=O)N1CCN(C(C)(C)C=C(C#N)C(=O)N2CCCC[C@H](OC(=O)N[C@@H](Cc3ccccc3)B(O)O)C2)CC1. The van der Waals surface area contributed by atoms with E-state index < -0.39 is 36.7 Å². The standard InChI is InChI=1S/C28H40BN5O7/c1-28(2,34-15-13-32(14-16-34)27(37)40-3)18-22(19-30)25(35)33-12-8-7-11-23(20-33)41-26(36)31-24(29(38)39)17-21-9-5-4-6-10-21/h4-6,9-10,18,23-24,38-39H,7-8,11-17,20H2,1-3H3,(H,31,36)/t23-,24-/m0/s1. The Balaban J connectivity index is 1.62. The summed E-state index contributed by atoms with van der Waals surface area (Å²) in [5, 5.41) is 32.0. The van der Waals surface area contributed by atoms with Gasteiger partial charge in [-0.3, -0.25) is 9.69 Å². The number of nitrogens with one attached hydrogen (secondary N) is 1. The molecule has 0 spiro atoms. The van der Waals surface area contributed by atoms with Crippen molar-refractivity contribution in [2.24, 2.45) is 0 Å². The molecule has 3 N–H and O–H groups in total. The van der Waals surface area contributed by atoms with Gasteiger partial charge in [0.15, 0.2) is 0 Å². The number of amides is 3. The van der Waals surface area contributed by atoms with Crippen LogP contribution in [0.2, 0.25) is 0 Å². The summed E-state index contributed by atoms with van der Waals surface area (Å²) in [6.07, 6.45) is 2.01. The van der Waals surface area contributed by atoms with Crippen molar-refractivity contribution in [3.8, 4) is 6.07 Å². The zero-order chi connectivity index (χ0) is 30.0. The highest BCUT2D eigenvalue weighted by Gasteiger charge is 2.34. The fourth-order valence-corrected chi connectivity index (χ4v) is 5.17. The van der Waals surface area contributed by atoms with Gasteiger partial charge >= 0.3 is 19.3 Å². The number of likely N-dealkylation sites (tertiary alicyclic amines) is 1. The Morgan fingerprint density at radius 1 is 1.12 bits per heavy atom. The lowest BCUT2D eigenvalue weighted by molar-refractivity contribution is -0.127. The molecule has 2 saturated heterocycles. The van der Waals surface area contributed by atoms with Gasteiger partial charge < -0.3 is 34.6 Å². The molecule has 0 bridgehead atoms. The summed E-state index contributed by atoms with van der Waals surface area (Å²) in [7, 11) is -0.440. The molecule has 2 heterocycles. The number of nitriles is 1. The number of hydrogen-bond acceptors (Lipinski definition) is 9. The van der Waals surface area contributed by atoms with Crippen LogP contribution in [0, 0.1) is 11.3 Å². The van der Waals surface area contributed by atoms with Crippen LogP contribution < -0.4 is 5.32 Å². The van der Waals surface area contributed by atoms with Crippen molar-refractivity contribution in [3.05, 3.63) is 47.5 Å². The van der Waals surface area contributed by atoms with Gasteiger partial charge in [0.1, 0.15) is 17.7 Å². The highest BCUT2D eigenvalue weighted by molar-refractivity contribution is 6.43. The quantitative estimate of drug-likeness (QED) is 0.239. The molecule has 0 unspecified atom stereocenters. The number of ether oxygens (including phenoxy) is 2. The third kappa shape index (κ3) is 9.21. The number of methoxy groups -OCH3 is 1. The second-order valence-corrected chi connectivity index (χ2v) is 10.9. The van der Waals surface area contributed by atoms with E-state index >= 15 is 0 Å². The summed E-state index contributed by atoms with van der Waals surface area (Å²) in [6.45, 7) is 6.47. The molecule has 2 aliphatic rings. The van der Waals surface area contributed by atoms with Crippen molar-refractivity contribution in [3.63, 3.8) is 0 Å². The number of alkyl carbamates (subject to hydrolysis) is 1. The van der Waals surface area contributed by atoms with Crippen molar-refractivity contribution < 1.29 is 33.9 Å². The molecule has 2 atom stereocenters. The Morgan fingerprint density at radius 3 is 2.41 bits per heavy atom. The highest BCUT2D eigenvalue weighted by atomic mass is 16.6. The largest absolute Gasteiger partial charge is 0.475 e. The molecule has 12 nitrogen and oxygen atoms in total. The second-order valence-electron chi connectivity index (χ2n) is 10.9. The molecule has 2 fully saturated rings. The van der Waals surface area contributed by atoms with Gasteiger partial charge in [-0.05, 0) is 51.2 Å². The van der Waals surface area contributed by atoms with Crippen molar-refractivity contribution in [1.82, 2.24) is 20.0 Å². The van der Waals surface area contributed by atoms with Gasteiger partial charge in [0.2, 0.25) is 0 Å². The van der Waals surface area contributed by atoms with Crippen LogP contribution >= 0.6 is 0 Å². The molecule has 3 amide bonds. The van der Waals surface area contributed by atoms with Gasteiger partial charge in [0.05, 0.1) is 19.6 Å². The minimum atomic E-state index is -1.79. The third-order valence-corrected chi connectivity index (χ3v) is 7.53. The predicted molar refractivity (Wildman–Crippen MR) is 151 cm³/mol. The second kappa shape index (κ2) is 14.9. The fourth-order valence-electron chi connectivity index (χ4n) is 5.17. The summed E-state index contributed by atoms with van der Waals surface area (Å²) >= 11 is 0. The monoisotopic (exact) mass is 569 g/mol. The molecule has 0 aromatic heterocycles. The molecule has 0 radical (unpaired) electrons. The molecule has 2 aliphatic heterocycles. The molecule has 222 valence electrons. The zero-order valence-electron chi connectivity index (χ0n) is 24.0. The molecule has 41 heavy (non-hydrogen) atoms. The molecule has 0 aliphatic carbocycles. The first-order chi connectivity index (χ1) is 19.5. The number of carbonyl (C=O) groups excluding carboxylic acids is 3. The highest BCUT2D eigenvalue weighted by Crippen LogP contribution is 2.23. The van der Waals surface area contributed by atoms with Crippen molar-refractivity contribution in [1.29, 1.82) is 5.26 Å². The number of benzene rings is 1. The van der Waals surface area contributed by atoms with Crippen molar-refractivity contribution >= 4 is 25.2 Å². The summed E-state index contributed by atoms with van der Waals surface area (Å²) in [5.41, 5.74) is 0.201. The van der Waals surface area contributed by atoms with E-state index in [-0.39, 0.29) is 24.6 Å². The van der Waals surface area contributed by atoms with Crippen LogP contribution in [0.4, 0.5) is 9.59 Å². The number of nitrogens with zero attached hydrogens (tertiary/aromatic N) is 4. The van der Waals surface area contributed by atoms with E-state index in [1.807, 2.05) is 44.2 Å². The normalized spacial score (nSPS) is 19.4. The minimum absolute atomic E-state index is 0.00169. The Bertz CT molecular complexity index is 1120. The van der Waals surface area contributed by atoms with Gasteiger partial charge in [0, 0.05) is 38.3 Å². The van der Waals surface area contributed by atoms with E-state index in [4.69, 9.17) is 9.47 Å². The summed E-state index contributed by atoms with van der Waals surface area (Å²) in [6, 6.07) is 11.2. The molecular formula is C28H40BN5O7. The molecule has 3 rings (SSSR count). The lowest BCUT2D eigenvalue weighted by Gasteiger charge is -2.42. The third-order valence-electron chi connectivity index (χ3n) is 7.53. The van der Waals surface area contributed by atoms with E-state index in [1.165, 1.54) is 12.0 Å². The Morgan fingerprint density at radius 2 is 1.80 bits per heavy atom. The van der Waals surface area contributed by atoms with Crippen LogP contribution in [0.5, 0.6) is 0 Å². The molecule has 13 heteroatoms. The molecule has 1 aromatic rings. The summed E-state index contributed by atoms with van der Waals surface area (Å²) in [5.74, 6) is -1.41. The first kappa shape index (κ1) is 31.9. The number of rotatable bonds is 8. The van der Waals surface area contributed by atoms with Gasteiger partial charge in [0.25, 0.3) is 5.91 Å². The first-order valence-electron chi connectivity index (χ1n) is 13.9. The van der Waals surface area contributed by atoms with Crippen LogP contribution in [0.25, 0.3) is 0 Å². The van der Waals surface area contributed by atoms with E-state index in [9.17, 15) is 29.7 Å². The molecule has 1 aromatic carbocycles. The van der Waals surface area contributed by atoms with Crippen LogP contribution in [0.15, 0.2) is 42.0 Å². The maximum absolute atomic E-state index is 13.4. The number of piperazine rings is 1. The van der Waals surface area contributed by atoms with E-state index in [2.05, 4.69) is 16.3 Å². The Kier molecular flexibility index (Phi) is 11.6. The van der Waals surface area contributed by atoms with E-state index in [0.717, 1.165) is 12.0 Å². The average Bonchev–Trinajstić information content (AvgIpc) is 3.20. The van der Waals surface area contributed by atoms with E-state index in [0.29, 0.717) is 45.6 Å². The fraction of sp³-hybridized carbons (Fsp3) is 0.571. The van der Waals surface area contributed by atoms with Crippen molar-refractivity contribution in [2.75, 3.05) is 46.4 Å². The van der Waals surface area contributed by atoms with Gasteiger partial charge in [-0.2, -0.15) is 5.26 Å².